The normalized spacial score (nSPS) is 54.2. The summed E-state index contributed by atoms with van der Waals surface area (Å²) in [5, 5.41) is 34.3. The van der Waals surface area contributed by atoms with Crippen LogP contribution in [0.15, 0.2) is 0 Å². The highest BCUT2D eigenvalue weighted by Gasteiger charge is 2.72. The topological polar surface area (TPSA) is 115 Å². The molecule has 2 saturated heterocycles. The van der Waals surface area contributed by atoms with Crippen LogP contribution in [0.5, 0.6) is 0 Å². The maximum Gasteiger partial charge on any atom is 0.163 e. The fourth-order valence-corrected chi connectivity index (χ4v) is 11.2. The lowest BCUT2D eigenvalue weighted by atomic mass is 9.42. The lowest BCUT2D eigenvalue weighted by molar-refractivity contribution is -0.399. The van der Waals surface area contributed by atoms with Crippen molar-refractivity contribution >= 4 is 5.78 Å². The van der Waals surface area contributed by atoms with Gasteiger partial charge in [0.15, 0.2) is 11.6 Å². The summed E-state index contributed by atoms with van der Waals surface area (Å²) in [5.41, 5.74) is -0.736. The second-order valence-corrected chi connectivity index (χ2v) is 16.9. The van der Waals surface area contributed by atoms with E-state index in [4.69, 9.17) is 18.9 Å². The number of aliphatic hydroxyl groups is 3. The van der Waals surface area contributed by atoms with Crippen LogP contribution in [0.2, 0.25) is 0 Å². The van der Waals surface area contributed by atoms with Gasteiger partial charge >= 0.3 is 0 Å². The number of Topliss-reactive ketones (excluding diaryl/α,β-unsaturated/α-hetero) is 1. The van der Waals surface area contributed by atoms with E-state index in [9.17, 15) is 20.1 Å². The fourth-order valence-electron chi connectivity index (χ4n) is 11.2. The number of carbonyl (C=O) groups is 1. The van der Waals surface area contributed by atoms with E-state index < -0.39 is 47.5 Å². The molecule has 4 saturated carbocycles. The first-order valence-corrected chi connectivity index (χ1v) is 16.6. The molecule has 8 nitrogen and oxygen atoms in total. The number of ether oxygens (including phenoxy) is 4. The van der Waals surface area contributed by atoms with Crippen LogP contribution in [0.4, 0.5) is 0 Å². The Hall–Kier alpha value is -0.610. The molecule has 0 radical (unpaired) electrons. The number of fused-ring (bicyclic) bond motifs is 4. The van der Waals surface area contributed by atoms with Crippen LogP contribution in [0.3, 0.4) is 0 Å². The largest absolute Gasteiger partial charge is 0.390 e. The second kappa shape index (κ2) is 9.94. The quantitative estimate of drug-likeness (QED) is 0.443. The van der Waals surface area contributed by atoms with Crippen molar-refractivity contribution in [2.45, 2.75) is 149 Å². The van der Waals surface area contributed by atoms with E-state index in [1.165, 1.54) is 0 Å². The van der Waals surface area contributed by atoms with Crippen LogP contribution in [-0.2, 0) is 23.7 Å². The molecule has 4 aliphatic carbocycles. The van der Waals surface area contributed by atoms with Crippen LogP contribution in [-0.4, -0.2) is 75.4 Å². The zero-order valence-electron chi connectivity index (χ0n) is 27.4. The molecule has 42 heavy (non-hydrogen) atoms. The predicted octanol–water partition coefficient (Wildman–Crippen LogP) is 4.32. The molecule has 0 amide bonds. The van der Waals surface area contributed by atoms with Gasteiger partial charge in [0, 0.05) is 24.2 Å². The van der Waals surface area contributed by atoms with Crippen molar-refractivity contribution in [2.75, 3.05) is 0 Å². The minimum Gasteiger partial charge on any atom is -0.390 e. The first-order valence-electron chi connectivity index (χ1n) is 16.6. The molecule has 8 heteroatoms. The number of ketones is 1. The molecule has 240 valence electrons. The summed E-state index contributed by atoms with van der Waals surface area (Å²) in [6.07, 6.45) is -1.59. The van der Waals surface area contributed by atoms with Gasteiger partial charge in [0.05, 0.1) is 36.6 Å². The first kappa shape index (κ1) is 31.4. The Morgan fingerprint density at radius 3 is 1.98 bits per heavy atom. The monoisotopic (exact) mass is 592 g/mol. The zero-order chi connectivity index (χ0) is 30.9. The van der Waals surface area contributed by atoms with Gasteiger partial charge in [0.25, 0.3) is 0 Å². The summed E-state index contributed by atoms with van der Waals surface area (Å²) in [6.45, 7) is 21.0. The summed E-state index contributed by atoms with van der Waals surface area (Å²) in [4.78, 5) is 14.2. The van der Waals surface area contributed by atoms with Gasteiger partial charge in [-0.1, -0.05) is 41.5 Å². The molecule has 0 aromatic carbocycles. The Morgan fingerprint density at radius 1 is 0.786 bits per heavy atom. The highest BCUT2D eigenvalue weighted by molar-refractivity contribution is 5.85. The van der Waals surface area contributed by atoms with Crippen molar-refractivity contribution in [3.63, 3.8) is 0 Å². The summed E-state index contributed by atoms with van der Waals surface area (Å²) in [5.74, 6) is -1.34. The molecular formula is C34H56O8. The van der Waals surface area contributed by atoms with Gasteiger partial charge < -0.3 is 34.3 Å². The van der Waals surface area contributed by atoms with Crippen LogP contribution < -0.4 is 0 Å². The van der Waals surface area contributed by atoms with E-state index in [0.717, 1.165) is 12.8 Å². The van der Waals surface area contributed by atoms with Crippen molar-refractivity contribution in [3.05, 3.63) is 0 Å². The van der Waals surface area contributed by atoms with E-state index in [2.05, 4.69) is 41.5 Å². The molecule has 0 aromatic heterocycles. The van der Waals surface area contributed by atoms with E-state index >= 15 is 0 Å². The molecule has 3 N–H and O–H groups in total. The Labute approximate surface area is 252 Å². The minimum absolute atomic E-state index is 0.0154. The van der Waals surface area contributed by atoms with Gasteiger partial charge in [-0.2, -0.15) is 0 Å². The molecule has 6 aliphatic rings. The Balaban J connectivity index is 1.35. The summed E-state index contributed by atoms with van der Waals surface area (Å²) in [7, 11) is 0. The summed E-state index contributed by atoms with van der Waals surface area (Å²) in [6, 6.07) is 0. The lowest BCUT2D eigenvalue weighted by Crippen LogP contribution is -2.74. The molecule has 0 spiro atoms. The number of hydrogen-bond donors (Lipinski definition) is 3. The van der Waals surface area contributed by atoms with Gasteiger partial charge in [-0.15, -0.1) is 0 Å². The third-order valence-corrected chi connectivity index (χ3v) is 13.3. The molecule has 6 rings (SSSR count). The van der Waals surface area contributed by atoms with Gasteiger partial charge in [0.2, 0.25) is 0 Å². The molecule has 2 aliphatic heterocycles. The van der Waals surface area contributed by atoms with Crippen LogP contribution in [0, 0.1) is 58.2 Å². The molecule has 0 aromatic rings. The van der Waals surface area contributed by atoms with Gasteiger partial charge in [-0.25, -0.2) is 0 Å². The minimum atomic E-state index is -1.04. The lowest BCUT2D eigenvalue weighted by Gasteiger charge is -2.68. The molecule has 2 heterocycles. The molecule has 0 unspecified atom stereocenters. The first-order chi connectivity index (χ1) is 19.3. The van der Waals surface area contributed by atoms with Gasteiger partial charge in [-0.05, 0) is 87.4 Å². The Morgan fingerprint density at radius 2 is 1.36 bits per heavy atom. The maximum atomic E-state index is 14.2. The van der Waals surface area contributed by atoms with Crippen molar-refractivity contribution < 1.29 is 39.1 Å². The summed E-state index contributed by atoms with van der Waals surface area (Å²) >= 11 is 0. The van der Waals surface area contributed by atoms with E-state index in [1.54, 1.807) is 13.8 Å². The number of carbonyl (C=O) groups excluding carboxylic acids is 1. The smallest absolute Gasteiger partial charge is 0.163 e. The van der Waals surface area contributed by atoms with Crippen LogP contribution in [0.25, 0.3) is 0 Å². The van der Waals surface area contributed by atoms with E-state index in [0.29, 0.717) is 24.7 Å². The SMILES string of the molecule is CC(C)[C@H](C)[C@H]1OC(C)(C)O[C@@H]1[C@@H](C)[C@H]1CC(=O)[C@@H]2[C@@H]3[C@@H](O)[C@@H]4OC(C)(C)O[C@@H]5[C@H](O)[C@@H](O)C[C@@](C)([C@H]54)[C@H]3CC[C@]12C. The molecule has 6 fully saturated rings. The highest BCUT2D eigenvalue weighted by Crippen LogP contribution is 2.69. The molecule has 16 atom stereocenters. The van der Waals surface area contributed by atoms with Crippen molar-refractivity contribution in [3.8, 4) is 0 Å². The average molecular weight is 593 g/mol. The highest BCUT2D eigenvalue weighted by atomic mass is 16.8. The standard InChI is InChI=1S/C34H56O8/c1-15(2)16(3)27-28(40-31(5,6)39-27)17(4)19-13-20(35)23-22-18(11-12-33(19,23)9)34(10)14-21(36)25(37)29-24(34)30(26(22)38)42-32(7,8)41-29/h15-19,21-30,36-38H,11-14H2,1-10H3/t16-,17-,18-,19+,21-,22+,23+,24+,25+,26+,27+,28+,29-,30+,33+,34+/m0/s1. The van der Waals surface area contributed by atoms with Crippen molar-refractivity contribution in [2.24, 2.45) is 58.2 Å². The number of rotatable bonds is 4. The number of aliphatic hydroxyl groups excluding tert-OH is 3. The van der Waals surface area contributed by atoms with Gasteiger partial charge in [-0.3, -0.25) is 4.79 Å². The average Bonchev–Trinajstić information content (AvgIpc) is 3.35. The van der Waals surface area contributed by atoms with Crippen LogP contribution >= 0.6 is 0 Å². The predicted molar refractivity (Wildman–Crippen MR) is 156 cm³/mol. The fraction of sp³-hybridized carbons (Fsp3) is 0.971. The Bertz CT molecular complexity index is 1070. The summed E-state index contributed by atoms with van der Waals surface area (Å²) < 4.78 is 25.8. The number of hydrogen-bond acceptors (Lipinski definition) is 8. The zero-order valence-corrected chi connectivity index (χ0v) is 27.4. The van der Waals surface area contributed by atoms with E-state index in [1.807, 2.05) is 13.8 Å². The third kappa shape index (κ3) is 4.44. The van der Waals surface area contributed by atoms with Crippen LogP contribution in [0.1, 0.15) is 94.9 Å². The maximum absolute atomic E-state index is 14.2. The molecule has 0 bridgehead atoms. The van der Waals surface area contributed by atoms with E-state index in [-0.39, 0.29) is 58.9 Å². The Kier molecular flexibility index (Phi) is 7.43. The van der Waals surface area contributed by atoms with Gasteiger partial charge in [0.1, 0.15) is 11.9 Å². The van der Waals surface area contributed by atoms with Crippen molar-refractivity contribution in [1.82, 2.24) is 0 Å². The third-order valence-electron chi connectivity index (χ3n) is 13.3. The van der Waals surface area contributed by atoms with Crippen molar-refractivity contribution in [1.29, 1.82) is 0 Å². The molecular weight excluding hydrogens is 536 g/mol. The second-order valence-electron chi connectivity index (χ2n) is 16.9.